The van der Waals surface area contributed by atoms with E-state index in [1.807, 2.05) is 62.4 Å². The SMILES string of the molecule is CC(C)C[C@H](NC(=O)[C@H](Cc1ccccc1)NC(=O)OCc1ccccc1)C(=O)N[C@@H](C[C@@H]1CCNC1=O)C(=O)C(=O)NC(C)C. The van der Waals surface area contributed by atoms with E-state index >= 15 is 0 Å². The zero-order chi connectivity index (χ0) is 33.6. The highest BCUT2D eigenvalue weighted by Gasteiger charge is 2.36. The van der Waals surface area contributed by atoms with E-state index in [1.165, 1.54) is 0 Å². The summed E-state index contributed by atoms with van der Waals surface area (Å²) in [5, 5.41) is 13.3. The molecule has 1 fully saturated rings. The van der Waals surface area contributed by atoms with Gasteiger partial charge in [-0.25, -0.2) is 4.79 Å². The van der Waals surface area contributed by atoms with Gasteiger partial charge in [-0.3, -0.25) is 24.0 Å². The molecule has 4 atom stereocenters. The predicted octanol–water partition coefficient (Wildman–Crippen LogP) is 2.16. The fraction of sp³-hybridized carbons (Fsp3) is 0.471. The van der Waals surface area contributed by atoms with E-state index < -0.39 is 53.6 Å². The highest BCUT2D eigenvalue weighted by atomic mass is 16.5. The van der Waals surface area contributed by atoms with Gasteiger partial charge < -0.3 is 31.3 Å². The third kappa shape index (κ3) is 11.6. The van der Waals surface area contributed by atoms with Crippen LogP contribution in [0.25, 0.3) is 0 Å². The molecule has 12 nitrogen and oxygen atoms in total. The van der Waals surface area contributed by atoms with Crippen molar-refractivity contribution in [3.63, 3.8) is 0 Å². The summed E-state index contributed by atoms with van der Waals surface area (Å²) in [5.74, 6) is -3.91. The van der Waals surface area contributed by atoms with Gasteiger partial charge in [0.2, 0.25) is 23.5 Å². The summed E-state index contributed by atoms with van der Waals surface area (Å²) in [7, 11) is 0. The molecule has 0 aromatic heterocycles. The van der Waals surface area contributed by atoms with Crippen LogP contribution in [0.3, 0.4) is 0 Å². The molecule has 0 aliphatic carbocycles. The molecule has 0 spiro atoms. The molecule has 0 radical (unpaired) electrons. The van der Waals surface area contributed by atoms with Gasteiger partial charge in [0.25, 0.3) is 5.91 Å². The maximum absolute atomic E-state index is 13.7. The van der Waals surface area contributed by atoms with Gasteiger partial charge in [-0.2, -0.15) is 0 Å². The number of hydrogen-bond donors (Lipinski definition) is 5. The average Bonchev–Trinajstić information content (AvgIpc) is 3.42. The number of ether oxygens (including phenoxy) is 1. The zero-order valence-electron chi connectivity index (χ0n) is 26.8. The Labute approximate surface area is 269 Å². The van der Waals surface area contributed by atoms with Gasteiger partial charge in [0.1, 0.15) is 18.7 Å². The zero-order valence-corrected chi connectivity index (χ0v) is 26.8. The fourth-order valence-corrected chi connectivity index (χ4v) is 5.09. The molecule has 0 bridgehead atoms. The summed E-state index contributed by atoms with van der Waals surface area (Å²) in [4.78, 5) is 78.2. The van der Waals surface area contributed by atoms with Crippen LogP contribution in [0, 0.1) is 11.8 Å². The lowest BCUT2D eigenvalue weighted by atomic mass is 9.94. The Morgan fingerprint density at radius 2 is 1.37 bits per heavy atom. The van der Waals surface area contributed by atoms with Crippen molar-refractivity contribution in [1.82, 2.24) is 26.6 Å². The van der Waals surface area contributed by atoms with Crippen molar-refractivity contribution in [2.45, 2.75) is 84.2 Å². The standard InChI is InChI=1S/C34H45N5O7/c1-21(2)17-27(31(42)37-26(19-25-15-16-35-30(25)41)29(40)33(44)36-22(3)4)38-32(43)28(18-23-11-7-5-8-12-23)39-34(45)46-20-24-13-9-6-10-14-24/h5-14,21-22,25-28H,15-20H2,1-4H3,(H,35,41)(H,36,44)(H,37,42)(H,38,43)(H,39,45)/t25-,26-,27-,28-/m0/s1. The Balaban J connectivity index is 1.77. The van der Waals surface area contributed by atoms with E-state index in [0.29, 0.717) is 13.0 Å². The first-order chi connectivity index (χ1) is 21.9. The lowest BCUT2D eigenvalue weighted by Crippen LogP contribution is -2.58. The number of rotatable bonds is 16. The summed E-state index contributed by atoms with van der Waals surface area (Å²) in [6.45, 7) is 7.59. The number of carbonyl (C=O) groups excluding carboxylic acids is 6. The molecule has 2 aromatic rings. The fourth-order valence-electron chi connectivity index (χ4n) is 5.09. The normalized spacial score (nSPS) is 16.1. The molecule has 1 aliphatic heterocycles. The van der Waals surface area contributed by atoms with Gasteiger partial charge in [-0.15, -0.1) is 0 Å². The molecule has 5 amide bonds. The second-order valence-corrected chi connectivity index (χ2v) is 12.2. The van der Waals surface area contributed by atoms with Gasteiger partial charge in [-0.05, 0) is 50.2 Å². The molecule has 1 saturated heterocycles. The first-order valence-corrected chi connectivity index (χ1v) is 15.7. The van der Waals surface area contributed by atoms with Crippen LogP contribution in [0.2, 0.25) is 0 Å². The van der Waals surface area contributed by atoms with E-state index in [0.717, 1.165) is 11.1 Å². The molecule has 2 aromatic carbocycles. The second kappa shape index (κ2) is 17.7. The third-order valence-corrected chi connectivity index (χ3v) is 7.40. The van der Waals surface area contributed by atoms with Crippen molar-refractivity contribution in [1.29, 1.82) is 0 Å². The molecule has 1 aliphatic rings. The van der Waals surface area contributed by atoms with Crippen molar-refractivity contribution in [2.24, 2.45) is 11.8 Å². The molecule has 3 rings (SSSR count). The van der Waals surface area contributed by atoms with Crippen LogP contribution >= 0.6 is 0 Å². The number of amides is 5. The lowest BCUT2D eigenvalue weighted by molar-refractivity contribution is -0.141. The van der Waals surface area contributed by atoms with Crippen molar-refractivity contribution in [3.05, 3.63) is 71.8 Å². The van der Waals surface area contributed by atoms with Crippen molar-refractivity contribution < 1.29 is 33.5 Å². The summed E-state index contributed by atoms with van der Waals surface area (Å²) in [6.07, 6.45) is -0.0752. The minimum Gasteiger partial charge on any atom is -0.445 e. The van der Waals surface area contributed by atoms with Gasteiger partial charge in [0.05, 0.1) is 6.04 Å². The van der Waals surface area contributed by atoms with E-state index in [2.05, 4.69) is 26.6 Å². The largest absolute Gasteiger partial charge is 0.445 e. The van der Waals surface area contributed by atoms with E-state index in [9.17, 15) is 28.8 Å². The Morgan fingerprint density at radius 1 is 0.783 bits per heavy atom. The first-order valence-electron chi connectivity index (χ1n) is 15.7. The van der Waals surface area contributed by atoms with Crippen LogP contribution < -0.4 is 26.6 Å². The number of carbonyl (C=O) groups is 6. The summed E-state index contributed by atoms with van der Waals surface area (Å²) < 4.78 is 5.35. The summed E-state index contributed by atoms with van der Waals surface area (Å²) in [5.41, 5.74) is 1.55. The van der Waals surface area contributed by atoms with Gasteiger partial charge in [0, 0.05) is 24.9 Å². The maximum Gasteiger partial charge on any atom is 0.408 e. The van der Waals surface area contributed by atoms with E-state index in [1.54, 1.807) is 26.0 Å². The maximum atomic E-state index is 13.7. The molecule has 0 unspecified atom stereocenters. The monoisotopic (exact) mass is 635 g/mol. The second-order valence-electron chi connectivity index (χ2n) is 12.2. The van der Waals surface area contributed by atoms with Crippen LogP contribution in [-0.2, 0) is 41.7 Å². The van der Waals surface area contributed by atoms with Gasteiger partial charge >= 0.3 is 6.09 Å². The van der Waals surface area contributed by atoms with E-state index in [-0.39, 0.29) is 43.7 Å². The minimum atomic E-state index is -1.28. The Morgan fingerprint density at radius 3 is 1.93 bits per heavy atom. The number of nitrogens with one attached hydrogen (secondary N) is 5. The van der Waals surface area contributed by atoms with Crippen LogP contribution in [0.15, 0.2) is 60.7 Å². The van der Waals surface area contributed by atoms with Gasteiger partial charge in [0.15, 0.2) is 0 Å². The minimum absolute atomic E-state index is 0.00352. The highest BCUT2D eigenvalue weighted by molar-refractivity contribution is 6.38. The smallest absolute Gasteiger partial charge is 0.408 e. The quantitative estimate of drug-likeness (QED) is 0.176. The highest BCUT2D eigenvalue weighted by Crippen LogP contribution is 2.18. The van der Waals surface area contributed by atoms with Crippen molar-refractivity contribution >= 4 is 35.5 Å². The van der Waals surface area contributed by atoms with Crippen LogP contribution in [-0.4, -0.2) is 66.2 Å². The number of alkyl carbamates (subject to hydrolysis) is 1. The topological polar surface area (TPSA) is 172 Å². The number of ketones is 1. The molecular weight excluding hydrogens is 590 g/mol. The lowest BCUT2D eigenvalue weighted by Gasteiger charge is -2.26. The molecule has 5 N–H and O–H groups in total. The van der Waals surface area contributed by atoms with Crippen LogP contribution in [0.5, 0.6) is 0 Å². The number of hydrogen-bond acceptors (Lipinski definition) is 7. The predicted molar refractivity (Wildman–Crippen MR) is 171 cm³/mol. The first kappa shape index (κ1) is 35.7. The Hall–Kier alpha value is -4.74. The molecular formula is C34H45N5O7. The Bertz CT molecular complexity index is 1350. The molecule has 1 heterocycles. The van der Waals surface area contributed by atoms with Gasteiger partial charge in [-0.1, -0.05) is 74.5 Å². The third-order valence-electron chi connectivity index (χ3n) is 7.40. The summed E-state index contributed by atoms with van der Waals surface area (Å²) >= 11 is 0. The average molecular weight is 636 g/mol. The van der Waals surface area contributed by atoms with Crippen molar-refractivity contribution in [2.75, 3.05) is 6.54 Å². The molecule has 46 heavy (non-hydrogen) atoms. The molecule has 0 saturated carbocycles. The number of Topliss-reactive ketones (excluding diaryl/α,β-unsaturated/α-hetero) is 1. The van der Waals surface area contributed by atoms with Crippen LogP contribution in [0.4, 0.5) is 4.79 Å². The van der Waals surface area contributed by atoms with Crippen molar-refractivity contribution in [3.8, 4) is 0 Å². The van der Waals surface area contributed by atoms with E-state index in [4.69, 9.17) is 4.74 Å². The Kier molecular flexibility index (Phi) is 13.7. The summed E-state index contributed by atoms with van der Waals surface area (Å²) in [6, 6.07) is 14.4. The number of benzene rings is 2. The van der Waals surface area contributed by atoms with Crippen LogP contribution in [0.1, 0.15) is 58.1 Å². The molecule has 12 heteroatoms. The molecule has 248 valence electrons.